The lowest BCUT2D eigenvalue weighted by Gasteiger charge is -2.04. The molecule has 2 rings (SSSR count). The normalized spacial score (nSPS) is 11.2. The van der Waals surface area contributed by atoms with Gasteiger partial charge in [0.25, 0.3) is 0 Å². The van der Waals surface area contributed by atoms with Gasteiger partial charge < -0.3 is 5.73 Å². The van der Waals surface area contributed by atoms with Gasteiger partial charge in [-0.1, -0.05) is 45.4 Å². The van der Waals surface area contributed by atoms with Crippen LogP contribution in [0, 0.1) is 5.92 Å². The molecule has 0 aliphatic carbocycles. The van der Waals surface area contributed by atoms with Crippen LogP contribution in [0.2, 0.25) is 0 Å². The fraction of sp³-hybridized carbons (Fsp3) is 0.471. The summed E-state index contributed by atoms with van der Waals surface area (Å²) in [4.78, 5) is 0. The van der Waals surface area contributed by atoms with Crippen molar-refractivity contribution in [1.29, 1.82) is 0 Å². The molecule has 1 heterocycles. The molecule has 0 bridgehead atoms. The first-order valence-electron chi connectivity index (χ1n) is 7.55. The SMILES string of the molecule is CCCc1c(CCC(C)C)nn(-c2ccccc2)c1N. The van der Waals surface area contributed by atoms with E-state index in [0.717, 1.165) is 37.2 Å². The van der Waals surface area contributed by atoms with Crippen LogP contribution in [0.3, 0.4) is 0 Å². The van der Waals surface area contributed by atoms with Gasteiger partial charge >= 0.3 is 0 Å². The minimum Gasteiger partial charge on any atom is -0.383 e. The lowest BCUT2D eigenvalue weighted by Crippen LogP contribution is -2.02. The molecule has 0 fully saturated rings. The van der Waals surface area contributed by atoms with Crippen LogP contribution in [0.15, 0.2) is 30.3 Å². The van der Waals surface area contributed by atoms with E-state index in [-0.39, 0.29) is 0 Å². The first-order valence-corrected chi connectivity index (χ1v) is 7.55. The summed E-state index contributed by atoms with van der Waals surface area (Å²) in [6.45, 7) is 6.68. The van der Waals surface area contributed by atoms with Crippen molar-refractivity contribution in [3.8, 4) is 5.69 Å². The minimum atomic E-state index is 0.688. The van der Waals surface area contributed by atoms with Gasteiger partial charge in [0, 0.05) is 5.56 Å². The molecule has 0 radical (unpaired) electrons. The first-order chi connectivity index (χ1) is 9.63. The van der Waals surface area contributed by atoms with E-state index in [9.17, 15) is 0 Å². The maximum Gasteiger partial charge on any atom is 0.130 e. The van der Waals surface area contributed by atoms with Crippen molar-refractivity contribution in [2.45, 2.75) is 46.5 Å². The van der Waals surface area contributed by atoms with Crippen molar-refractivity contribution in [1.82, 2.24) is 9.78 Å². The third-order valence-corrected chi connectivity index (χ3v) is 3.57. The Kier molecular flexibility index (Phi) is 4.83. The number of para-hydroxylation sites is 1. The Morgan fingerprint density at radius 1 is 1.15 bits per heavy atom. The van der Waals surface area contributed by atoms with Gasteiger partial charge in [-0.05, 0) is 37.3 Å². The zero-order chi connectivity index (χ0) is 14.5. The summed E-state index contributed by atoms with van der Waals surface area (Å²) in [6, 6.07) is 10.1. The van der Waals surface area contributed by atoms with Crippen molar-refractivity contribution in [3.05, 3.63) is 41.6 Å². The topological polar surface area (TPSA) is 43.8 Å². The van der Waals surface area contributed by atoms with Crippen LogP contribution in [-0.2, 0) is 12.8 Å². The van der Waals surface area contributed by atoms with Crippen LogP contribution in [-0.4, -0.2) is 9.78 Å². The van der Waals surface area contributed by atoms with Gasteiger partial charge in [-0.25, -0.2) is 4.68 Å². The van der Waals surface area contributed by atoms with E-state index in [4.69, 9.17) is 10.8 Å². The summed E-state index contributed by atoms with van der Waals surface area (Å²) < 4.78 is 1.89. The molecular formula is C17H25N3. The highest BCUT2D eigenvalue weighted by atomic mass is 15.3. The Hall–Kier alpha value is -1.77. The highest BCUT2D eigenvalue weighted by Crippen LogP contribution is 2.24. The number of nitrogen functional groups attached to an aromatic ring is 1. The lowest BCUT2D eigenvalue weighted by molar-refractivity contribution is 0.577. The Balaban J connectivity index is 2.36. The molecule has 0 saturated heterocycles. The Morgan fingerprint density at radius 2 is 1.85 bits per heavy atom. The molecule has 2 aromatic rings. The quantitative estimate of drug-likeness (QED) is 0.863. The number of anilines is 1. The molecule has 1 aromatic carbocycles. The lowest BCUT2D eigenvalue weighted by atomic mass is 10.0. The first kappa shape index (κ1) is 14.6. The fourth-order valence-corrected chi connectivity index (χ4v) is 2.43. The third-order valence-electron chi connectivity index (χ3n) is 3.57. The zero-order valence-corrected chi connectivity index (χ0v) is 12.8. The molecule has 0 aliphatic rings. The van der Waals surface area contributed by atoms with Crippen LogP contribution >= 0.6 is 0 Å². The number of aromatic nitrogens is 2. The standard InChI is InChI=1S/C17H25N3/c1-4-8-15-16(12-11-13(2)3)19-20(17(15)18)14-9-6-5-7-10-14/h5-7,9-10,13H,4,8,11-12,18H2,1-3H3. The van der Waals surface area contributed by atoms with Gasteiger partial charge in [0.2, 0.25) is 0 Å². The van der Waals surface area contributed by atoms with Gasteiger partial charge in [-0.15, -0.1) is 0 Å². The Morgan fingerprint density at radius 3 is 2.45 bits per heavy atom. The molecule has 3 heteroatoms. The number of nitrogens with zero attached hydrogens (tertiary/aromatic N) is 2. The van der Waals surface area contributed by atoms with Crippen molar-refractivity contribution in [2.24, 2.45) is 5.92 Å². The van der Waals surface area contributed by atoms with Crippen molar-refractivity contribution >= 4 is 5.82 Å². The summed E-state index contributed by atoms with van der Waals surface area (Å²) in [6.07, 6.45) is 4.27. The van der Waals surface area contributed by atoms with E-state index in [1.165, 1.54) is 11.3 Å². The van der Waals surface area contributed by atoms with E-state index in [1.807, 2.05) is 35.0 Å². The average Bonchev–Trinajstić information content (AvgIpc) is 2.75. The van der Waals surface area contributed by atoms with Crippen molar-refractivity contribution < 1.29 is 0 Å². The monoisotopic (exact) mass is 271 g/mol. The third kappa shape index (κ3) is 3.21. The fourth-order valence-electron chi connectivity index (χ4n) is 2.43. The number of rotatable bonds is 6. The number of aryl methyl sites for hydroxylation is 1. The average molecular weight is 271 g/mol. The predicted octanol–water partition coefficient (Wildman–Crippen LogP) is 4.00. The molecule has 108 valence electrons. The van der Waals surface area contributed by atoms with E-state index in [1.54, 1.807) is 0 Å². The molecule has 0 unspecified atom stereocenters. The van der Waals surface area contributed by atoms with Crippen LogP contribution in [0.5, 0.6) is 0 Å². The summed E-state index contributed by atoms with van der Waals surface area (Å²) >= 11 is 0. The second kappa shape index (κ2) is 6.60. The van der Waals surface area contributed by atoms with Crippen LogP contribution < -0.4 is 5.73 Å². The number of hydrogen-bond donors (Lipinski definition) is 1. The van der Waals surface area contributed by atoms with E-state index < -0.39 is 0 Å². The summed E-state index contributed by atoms with van der Waals surface area (Å²) in [7, 11) is 0. The summed E-state index contributed by atoms with van der Waals surface area (Å²) in [5, 5.41) is 4.76. The van der Waals surface area contributed by atoms with Crippen LogP contribution in [0.4, 0.5) is 5.82 Å². The predicted molar refractivity (Wildman–Crippen MR) is 85.1 cm³/mol. The maximum atomic E-state index is 6.33. The minimum absolute atomic E-state index is 0.688. The zero-order valence-electron chi connectivity index (χ0n) is 12.8. The molecule has 3 nitrogen and oxygen atoms in total. The van der Waals surface area contributed by atoms with Gasteiger partial charge in [0.1, 0.15) is 5.82 Å². The number of nitrogens with two attached hydrogens (primary N) is 1. The number of hydrogen-bond acceptors (Lipinski definition) is 2. The van der Waals surface area contributed by atoms with Crippen molar-refractivity contribution in [2.75, 3.05) is 5.73 Å². The maximum absolute atomic E-state index is 6.33. The van der Waals surface area contributed by atoms with E-state index >= 15 is 0 Å². The largest absolute Gasteiger partial charge is 0.383 e. The summed E-state index contributed by atoms with van der Waals surface area (Å²) in [5.41, 5.74) is 9.77. The van der Waals surface area contributed by atoms with E-state index in [0.29, 0.717) is 5.92 Å². The second-order valence-corrected chi connectivity index (χ2v) is 5.74. The summed E-state index contributed by atoms with van der Waals surface area (Å²) in [5.74, 6) is 1.49. The molecule has 2 N–H and O–H groups in total. The van der Waals surface area contributed by atoms with Gasteiger partial charge in [-0.3, -0.25) is 0 Å². The molecule has 0 atom stereocenters. The molecular weight excluding hydrogens is 246 g/mol. The van der Waals surface area contributed by atoms with Crippen LogP contribution in [0.25, 0.3) is 5.69 Å². The highest BCUT2D eigenvalue weighted by molar-refractivity contribution is 5.50. The molecule has 0 aliphatic heterocycles. The molecule has 0 saturated carbocycles. The van der Waals surface area contributed by atoms with Gasteiger partial charge in [-0.2, -0.15) is 5.10 Å². The highest BCUT2D eigenvalue weighted by Gasteiger charge is 2.15. The van der Waals surface area contributed by atoms with E-state index in [2.05, 4.69) is 20.8 Å². The second-order valence-electron chi connectivity index (χ2n) is 5.74. The Labute approximate surface area is 121 Å². The van der Waals surface area contributed by atoms with Crippen LogP contribution in [0.1, 0.15) is 44.9 Å². The van der Waals surface area contributed by atoms with Crippen molar-refractivity contribution in [3.63, 3.8) is 0 Å². The van der Waals surface area contributed by atoms with Gasteiger partial charge in [0.05, 0.1) is 11.4 Å². The Bertz CT molecular complexity index is 541. The number of benzene rings is 1. The molecule has 0 spiro atoms. The molecule has 20 heavy (non-hydrogen) atoms. The van der Waals surface area contributed by atoms with Gasteiger partial charge in [0.15, 0.2) is 0 Å². The molecule has 1 aromatic heterocycles. The smallest absolute Gasteiger partial charge is 0.130 e. The molecule has 0 amide bonds.